The first kappa shape index (κ1) is 14.8. The minimum Gasteiger partial charge on any atom is -0.462 e. The summed E-state index contributed by atoms with van der Waals surface area (Å²) in [5, 5.41) is 0. The molecule has 2 atom stereocenters. The topological polar surface area (TPSA) is 35.5 Å². The lowest BCUT2D eigenvalue weighted by molar-refractivity contribution is 0.0395. The second kappa shape index (κ2) is 7.25. The fourth-order valence-corrected chi connectivity index (χ4v) is 2.41. The molecule has 0 N–H and O–H groups in total. The van der Waals surface area contributed by atoms with Gasteiger partial charge in [-0.05, 0) is 42.4 Å². The summed E-state index contributed by atoms with van der Waals surface area (Å²) in [6.45, 7) is 3.27. The number of carbonyl (C=O) groups is 1. The molecule has 0 amide bonds. The quantitative estimate of drug-likeness (QED) is 0.608. The molecule has 0 saturated heterocycles. The van der Waals surface area contributed by atoms with Crippen LogP contribution in [0.5, 0.6) is 0 Å². The Morgan fingerprint density at radius 3 is 2.55 bits per heavy atom. The number of rotatable bonds is 5. The van der Waals surface area contributed by atoms with E-state index >= 15 is 0 Å². The lowest BCUT2D eigenvalue weighted by Crippen LogP contribution is -2.21. The average molecular weight is 274 g/mol. The molecule has 0 radical (unpaired) electrons. The van der Waals surface area contributed by atoms with E-state index in [4.69, 9.17) is 9.47 Å². The fraction of sp³-hybridized carbons (Fsp3) is 0.471. The predicted octanol–water partition coefficient (Wildman–Crippen LogP) is 3.59. The van der Waals surface area contributed by atoms with Crippen LogP contribution in [0.3, 0.4) is 0 Å². The lowest BCUT2D eigenvalue weighted by Gasteiger charge is -2.24. The van der Waals surface area contributed by atoms with Crippen LogP contribution in [-0.2, 0) is 16.1 Å². The Kier molecular flexibility index (Phi) is 5.36. The van der Waals surface area contributed by atoms with Gasteiger partial charge < -0.3 is 9.47 Å². The summed E-state index contributed by atoms with van der Waals surface area (Å²) in [4.78, 5) is 12.0. The molecule has 1 aromatic rings. The zero-order valence-electron chi connectivity index (χ0n) is 12.2. The highest BCUT2D eigenvalue weighted by molar-refractivity contribution is 5.89. The number of hydrogen-bond donors (Lipinski definition) is 0. The van der Waals surface area contributed by atoms with Crippen LogP contribution in [-0.4, -0.2) is 19.7 Å². The van der Waals surface area contributed by atoms with Crippen molar-refractivity contribution in [3.05, 3.63) is 47.5 Å². The normalized spacial score (nSPS) is 21.7. The van der Waals surface area contributed by atoms with Gasteiger partial charge in [0.05, 0.1) is 18.8 Å². The van der Waals surface area contributed by atoms with Gasteiger partial charge in [-0.3, -0.25) is 0 Å². The Hall–Kier alpha value is -1.61. The number of carbonyl (C=O) groups excluding carboxylic acids is 1. The van der Waals surface area contributed by atoms with Crippen molar-refractivity contribution in [1.82, 2.24) is 0 Å². The van der Waals surface area contributed by atoms with Crippen molar-refractivity contribution in [3.63, 3.8) is 0 Å². The second-order valence-electron chi connectivity index (χ2n) is 5.41. The van der Waals surface area contributed by atoms with Crippen molar-refractivity contribution in [2.24, 2.45) is 11.8 Å². The van der Waals surface area contributed by atoms with Gasteiger partial charge in [-0.15, -0.1) is 0 Å². The molecule has 3 heteroatoms. The van der Waals surface area contributed by atoms with Crippen molar-refractivity contribution in [2.45, 2.75) is 26.4 Å². The molecular formula is C17H22O3. The highest BCUT2D eigenvalue weighted by atomic mass is 16.5. The average Bonchev–Trinajstić information content (AvgIpc) is 2.47. The fourth-order valence-electron chi connectivity index (χ4n) is 2.41. The van der Waals surface area contributed by atoms with E-state index in [1.807, 2.05) is 12.1 Å². The first-order valence-electron chi connectivity index (χ1n) is 7.10. The van der Waals surface area contributed by atoms with Crippen LogP contribution in [0.25, 0.3) is 0 Å². The van der Waals surface area contributed by atoms with Crippen molar-refractivity contribution in [3.8, 4) is 0 Å². The molecule has 0 saturated carbocycles. The summed E-state index contributed by atoms with van der Waals surface area (Å²) in [5.41, 5.74) is 1.65. The van der Waals surface area contributed by atoms with E-state index in [0.717, 1.165) is 18.4 Å². The van der Waals surface area contributed by atoms with Crippen molar-refractivity contribution < 1.29 is 14.3 Å². The first-order chi connectivity index (χ1) is 9.70. The maximum Gasteiger partial charge on any atom is 0.338 e. The third kappa shape index (κ3) is 3.94. The van der Waals surface area contributed by atoms with Crippen LogP contribution < -0.4 is 0 Å². The van der Waals surface area contributed by atoms with Gasteiger partial charge >= 0.3 is 5.97 Å². The molecule has 1 aliphatic carbocycles. The Balaban J connectivity index is 1.86. The van der Waals surface area contributed by atoms with Crippen molar-refractivity contribution in [2.75, 3.05) is 13.7 Å². The highest BCUT2D eigenvalue weighted by Crippen LogP contribution is 2.25. The Labute approximate surface area is 120 Å². The number of ether oxygens (including phenoxy) is 2. The first-order valence-corrected chi connectivity index (χ1v) is 7.10. The van der Waals surface area contributed by atoms with Crippen LogP contribution in [0.1, 0.15) is 35.7 Å². The number of esters is 1. The Morgan fingerprint density at radius 1 is 1.20 bits per heavy atom. The largest absolute Gasteiger partial charge is 0.462 e. The van der Waals surface area contributed by atoms with E-state index in [9.17, 15) is 4.79 Å². The summed E-state index contributed by atoms with van der Waals surface area (Å²) < 4.78 is 10.5. The van der Waals surface area contributed by atoms with Gasteiger partial charge in [0.2, 0.25) is 0 Å². The van der Waals surface area contributed by atoms with E-state index in [2.05, 4.69) is 19.1 Å². The minimum absolute atomic E-state index is 0.240. The van der Waals surface area contributed by atoms with Gasteiger partial charge in [0.25, 0.3) is 0 Å². The van der Waals surface area contributed by atoms with Gasteiger partial charge in [-0.25, -0.2) is 4.79 Å². The zero-order valence-corrected chi connectivity index (χ0v) is 12.2. The van der Waals surface area contributed by atoms with Crippen molar-refractivity contribution >= 4 is 5.97 Å². The third-order valence-electron chi connectivity index (χ3n) is 3.85. The monoisotopic (exact) mass is 274 g/mol. The highest BCUT2D eigenvalue weighted by Gasteiger charge is 2.20. The van der Waals surface area contributed by atoms with E-state index in [1.54, 1.807) is 19.2 Å². The van der Waals surface area contributed by atoms with Gasteiger partial charge in [-0.1, -0.05) is 31.2 Å². The SMILES string of the molecule is COCc1ccc(C(=O)OCC2CC=CCC2C)cc1. The lowest BCUT2D eigenvalue weighted by atomic mass is 9.85. The maximum atomic E-state index is 12.0. The molecule has 108 valence electrons. The van der Waals surface area contributed by atoms with Crippen LogP contribution in [0.4, 0.5) is 0 Å². The summed E-state index contributed by atoms with van der Waals surface area (Å²) >= 11 is 0. The summed E-state index contributed by atoms with van der Waals surface area (Å²) in [7, 11) is 1.65. The van der Waals surface area contributed by atoms with E-state index in [-0.39, 0.29) is 5.97 Å². The number of hydrogen-bond acceptors (Lipinski definition) is 3. The Morgan fingerprint density at radius 2 is 1.90 bits per heavy atom. The Bertz CT molecular complexity index is 462. The summed E-state index contributed by atoms with van der Waals surface area (Å²) in [6.07, 6.45) is 6.46. The van der Waals surface area contributed by atoms with E-state index < -0.39 is 0 Å². The molecule has 0 bridgehead atoms. The van der Waals surface area contributed by atoms with Crippen LogP contribution >= 0.6 is 0 Å². The molecule has 0 heterocycles. The molecule has 1 aliphatic rings. The molecule has 0 fully saturated rings. The van der Waals surface area contributed by atoms with E-state index in [1.165, 1.54) is 0 Å². The molecule has 3 nitrogen and oxygen atoms in total. The molecule has 2 unspecified atom stereocenters. The maximum absolute atomic E-state index is 12.0. The molecular weight excluding hydrogens is 252 g/mol. The zero-order chi connectivity index (χ0) is 14.4. The second-order valence-corrected chi connectivity index (χ2v) is 5.41. The molecule has 2 rings (SSSR count). The smallest absolute Gasteiger partial charge is 0.338 e. The van der Waals surface area contributed by atoms with Crippen LogP contribution in [0.2, 0.25) is 0 Å². The third-order valence-corrected chi connectivity index (χ3v) is 3.85. The van der Waals surface area contributed by atoms with E-state index in [0.29, 0.717) is 30.6 Å². The van der Waals surface area contributed by atoms with Crippen molar-refractivity contribution in [1.29, 1.82) is 0 Å². The molecule has 0 aliphatic heterocycles. The van der Waals surface area contributed by atoms with Gasteiger partial charge in [-0.2, -0.15) is 0 Å². The van der Waals surface area contributed by atoms with Crippen LogP contribution in [0.15, 0.2) is 36.4 Å². The van der Waals surface area contributed by atoms with Gasteiger partial charge in [0.1, 0.15) is 0 Å². The molecule has 0 aromatic heterocycles. The predicted molar refractivity (Wildman–Crippen MR) is 78.5 cm³/mol. The number of allylic oxidation sites excluding steroid dienone is 2. The number of methoxy groups -OCH3 is 1. The molecule has 0 spiro atoms. The molecule has 1 aromatic carbocycles. The van der Waals surface area contributed by atoms with Gasteiger partial charge in [0, 0.05) is 7.11 Å². The summed E-state index contributed by atoms with van der Waals surface area (Å²) in [5.74, 6) is 0.782. The number of benzene rings is 1. The standard InChI is InChI=1S/C17H22O3/c1-13-5-3-4-6-16(13)12-20-17(18)15-9-7-14(8-10-15)11-19-2/h3-4,7-10,13,16H,5-6,11-12H2,1-2H3. The molecule has 20 heavy (non-hydrogen) atoms. The van der Waals surface area contributed by atoms with Gasteiger partial charge in [0.15, 0.2) is 0 Å². The van der Waals surface area contributed by atoms with Crippen LogP contribution in [0, 0.1) is 11.8 Å². The minimum atomic E-state index is -0.240. The summed E-state index contributed by atoms with van der Waals surface area (Å²) in [6, 6.07) is 7.37.